The zero-order chi connectivity index (χ0) is 12.4. The predicted molar refractivity (Wildman–Crippen MR) is 62.4 cm³/mol. The summed E-state index contributed by atoms with van der Waals surface area (Å²) in [5.74, 6) is -1.44. The molecule has 1 amide bonds. The minimum Gasteiger partial charge on any atom is -0.477 e. The van der Waals surface area contributed by atoms with Gasteiger partial charge < -0.3 is 15.0 Å². The van der Waals surface area contributed by atoms with Crippen LogP contribution in [-0.2, 0) is 7.05 Å². The largest absolute Gasteiger partial charge is 0.477 e. The molecular weight excluding hydrogens is 242 g/mol. The Balaban J connectivity index is 2.22. The van der Waals surface area contributed by atoms with Gasteiger partial charge in [0.2, 0.25) is 0 Å². The number of imidazole rings is 1. The van der Waals surface area contributed by atoms with E-state index >= 15 is 0 Å². The van der Waals surface area contributed by atoms with Crippen LogP contribution in [-0.4, -0.2) is 26.5 Å². The number of aryl methyl sites for hydroxylation is 1. The lowest BCUT2D eigenvalue weighted by Crippen LogP contribution is -2.16. The summed E-state index contributed by atoms with van der Waals surface area (Å²) in [7, 11) is 1.69. The number of aromatic nitrogens is 2. The number of amides is 1. The van der Waals surface area contributed by atoms with Gasteiger partial charge in [-0.15, -0.1) is 11.3 Å². The summed E-state index contributed by atoms with van der Waals surface area (Å²) in [5, 5.41) is 13.1. The van der Waals surface area contributed by atoms with Gasteiger partial charge in [-0.2, -0.15) is 0 Å². The number of carboxylic acid groups (broad SMARTS) is 1. The van der Waals surface area contributed by atoms with Gasteiger partial charge in [0, 0.05) is 7.05 Å². The van der Waals surface area contributed by atoms with Crippen LogP contribution < -0.4 is 5.32 Å². The number of hydrogen-bond acceptors (Lipinski definition) is 4. The molecule has 0 saturated carbocycles. The maximum absolute atomic E-state index is 11.8. The van der Waals surface area contributed by atoms with E-state index in [0.29, 0.717) is 11.4 Å². The summed E-state index contributed by atoms with van der Waals surface area (Å²) in [4.78, 5) is 26.6. The molecule has 0 radical (unpaired) electrons. The fourth-order valence-corrected chi connectivity index (χ4v) is 2.02. The van der Waals surface area contributed by atoms with E-state index < -0.39 is 5.97 Å². The highest BCUT2D eigenvalue weighted by Gasteiger charge is 2.16. The van der Waals surface area contributed by atoms with Crippen LogP contribution in [0, 0.1) is 0 Å². The van der Waals surface area contributed by atoms with Gasteiger partial charge in [-0.3, -0.25) is 4.79 Å². The number of nitrogens with zero attached hydrogens (tertiary/aromatic N) is 2. The second-order valence-corrected chi connectivity index (χ2v) is 4.23. The summed E-state index contributed by atoms with van der Waals surface area (Å²) in [6.45, 7) is 0. The Labute approximate surface area is 101 Å². The van der Waals surface area contributed by atoms with Crippen molar-refractivity contribution < 1.29 is 14.7 Å². The Morgan fingerprint density at radius 3 is 2.88 bits per heavy atom. The third-order valence-corrected chi connectivity index (χ3v) is 3.06. The van der Waals surface area contributed by atoms with Crippen molar-refractivity contribution in [2.45, 2.75) is 0 Å². The van der Waals surface area contributed by atoms with Crippen molar-refractivity contribution >= 4 is 28.9 Å². The summed E-state index contributed by atoms with van der Waals surface area (Å²) in [5.41, 5.74) is 0.668. The fraction of sp³-hybridized carbons (Fsp3) is 0.100. The molecule has 0 unspecified atom stereocenters. The number of thiophene rings is 1. The van der Waals surface area contributed by atoms with Gasteiger partial charge in [0.05, 0.1) is 18.2 Å². The van der Waals surface area contributed by atoms with Crippen molar-refractivity contribution in [2.24, 2.45) is 7.05 Å². The van der Waals surface area contributed by atoms with Gasteiger partial charge in [-0.25, -0.2) is 9.78 Å². The van der Waals surface area contributed by atoms with Gasteiger partial charge in [0.25, 0.3) is 5.91 Å². The van der Waals surface area contributed by atoms with Crippen LogP contribution in [0.25, 0.3) is 0 Å². The molecule has 0 bridgehead atoms. The maximum Gasteiger partial charge on any atom is 0.348 e. The topological polar surface area (TPSA) is 84.2 Å². The van der Waals surface area contributed by atoms with Gasteiger partial charge in [-0.05, 0) is 11.4 Å². The number of carboxylic acids is 1. The van der Waals surface area contributed by atoms with Crippen LogP contribution in [0.15, 0.2) is 24.0 Å². The first kappa shape index (κ1) is 11.3. The fourth-order valence-electron chi connectivity index (χ4n) is 1.34. The average Bonchev–Trinajstić information content (AvgIpc) is 2.86. The first-order valence-corrected chi connectivity index (χ1v) is 5.56. The number of rotatable bonds is 3. The first-order valence-electron chi connectivity index (χ1n) is 4.68. The van der Waals surface area contributed by atoms with Crippen molar-refractivity contribution in [2.75, 3.05) is 5.32 Å². The highest BCUT2D eigenvalue weighted by molar-refractivity contribution is 7.12. The molecule has 2 aromatic rings. The molecule has 88 valence electrons. The van der Waals surface area contributed by atoms with Gasteiger partial charge in [-0.1, -0.05) is 0 Å². The van der Waals surface area contributed by atoms with E-state index in [4.69, 9.17) is 5.11 Å². The van der Waals surface area contributed by atoms with Crippen molar-refractivity contribution in [1.82, 2.24) is 9.55 Å². The molecule has 2 aromatic heterocycles. The van der Waals surface area contributed by atoms with Gasteiger partial charge in [0.15, 0.2) is 0 Å². The highest BCUT2D eigenvalue weighted by atomic mass is 32.1. The summed E-state index contributed by atoms with van der Waals surface area (Å²) in [6, 6.07) is 1.56. The van der Waals surface area contributed by atoms with E-state index in [1.165, 1.54) is 12.5 Å². The molecule has 2 heterocycles. The highest BCUT2D eigenvalue weighted by Crippen LogP contribution is 2.22. The van der Waals surface area contributed by atoms with Crippen molar-refractivity contribution in [3.05, 3.63) is 34.5 Å². The molecule has 0 spiro atoms. The summed E-state index contributed by atoms with van der Waals surface area (Å²) >= 11 is 1.06. The van der Waals surface area contributed by atoms with Crippen molar-refractivity contribution in [3.8, 4) is 0 Å². The molecule has 0 aromatic carbocycles. The molecule has 7 heteroatoms. The van der Waals surface area contributed by atoms with Gasteiger partial charge in [0.1, 0.15) is 10.6 Å². The van der Waals surface area contributed by atoms with Crippen LogP contribution in [0.2, 0.25) is 0 Å². The lowest BCUT2D eigenvalue weighted by atomic mass is 10.3. The third-order valence-electron chi connectivity index (χ3n) is 2.16. The third kappa shape index (κ3) is 2.18. The SMILES string of the molecule is Cn1cncc1C(=O)Nc1ccsc1C(=O)O. The van der Waals surface area contributed by atoms with E-state index in [1.54, 1.807) is 23.1 Å². The Morgan fingerprint density at radius 2 is 2.29 bits per heavy atom. The maximum atomic E-state index is 11.8. The minimum atomic E-state index is -1.06. The lowest BCUT2D eigenvalue weighted by molar-refractivity contribution is 0.0703. The van der Waals surface area contributed by atoms with E-state index in [2.05, 4.69) is 10.3 Å². The number of carbonyl (C=O) groups is 2. The molecule has 0 aliphatic carbocycles. The quantitative estimate of drug-likeness (QED) is 0.864. The van der Waals surface area contributed by atoms with E-state index in [1.807, 2.05) is 0 Å². The molecule has 0 aliphatic heterocycles. The zero-order valence-corrected chi connectivity index (χ0v) is 9.69. The van der Waals surface area contributed by atoms with E-state index in [9.17, 15) is 9.59 Å². The molecule has 2 rings (SSSR count). The number of hydrogen-bond donors (Lipinski definition) is 2. The summed E-state index contributed by atoms with van der Waals surface area (Å²) in [6.07, 6.45) is 2.92. The van der Waals surface area contributed by atoms with Crippen LogP contribution in [0.5, 0.6) is 0 Å². The Hall–Kier alpha value is -2.15. The minimum absolute atomic E-state index is 0.112. The van der Waals surface area contributed by atoms with E-state index in [-0.39, 0.29) is 10.8 Å². The standard InChI is InChI=1S/C10H9N3O3S/c1-13-5-11-4-7(13)9(14)12-6-2-3-17-8(6)10(15)16/h2-5H,1H3,(H,12,14)(H,15,16). The van der Waals surface area contributed by atoms with Crippen molar-refractivity contribution in [3.63, 3.8) is 0 Å². The van der Waals surface area contributed by atoms with Crippen LogP contribution in [0.1, 0.15) is 20.2 Å². The molecule has 0 aliphatic rings. The van der Waals surface area contributed by atoms with Gasteiger partial charge >= 0.3 is 5.97 Å². The molecule has 0 atom stereocenters. The zero-order valence-electron chi connectivity index (χ0n) is 8.88. The Kier molecular flexibility index (Phi) is 2.92. The molecule has 0 fully saturated rings. The molecule has 0 saturated heterocycles. The first-order chi connectivity index (χ1) is 8.09. The molecule has 6 nitrogen and oxygen atoms in total. The number of aromatic carboxylic acids is 1. The lowest BCUT2D eigenvalue weighted by Gasteiger charge is -2.04. The Morgan fingerprint density at radius 1 is 1.53 bits per heavy atom. The predicted octanol–water partition coefficient (Wildman–Crippen LogP) is 1.43. The molecular formula is C10H9N3O3S. The summed E-state index contributed by atoms with van der Waals surface area (Å²) < 4.78 is 1.56. The van der Waals surface area contributed by atoms with Crippen LogP contribution in [0.3, 0.4) is 0 Å². The van der Waals surface area contributed by atoms with E-state index in [0.717, 1.165) is 11.3 Å². The smallest absolute Gasteiger partial charge is 0.348 e. The van der Waals surface area contributed by atoms with Crippen molar-refractivity contribution in [1.29, 1.82) is 0 Å². The molecule has 17 heavy (non-hydrogen) atoms. The average molecular weight is 251 g/mol. The molecule has 2 N–H and O–H groups in total. The number of anilines is 1. The monoisotopic (exact) mass is 251 g/mol. The second-order valence-electron chi connectivity index (χ2n) is 3.31. The Bertz CT molecular complexity index is 573. The normalized spacial score (nSPS) is 10.2. The number of carbonyl (C=O) groups excluding carboxylic acids is 1. The second kappa shape index (κ2) is 4.38. The van der Waals surface area contributed by atoms with Crippen LogP contribution >= 0.6 is 11.3 Å². The van der Waals surface area contributed by atoms with Crippen LogP contribution in [0.4, 0.5) is 5.69 Å². The number of nitrogens with one attached hydrogen (secondary N) is 1.